The number of hydrogen-bond donors (Lipinski definition) is 0. The monoisotopic (exact) mass is 219 g/mol. The second-order valence-electron chi connectivity index (χ2n) is 3.13. The van der Waals surface area contributed by atoms with Crippen LogP contribution in [0.5, 0.6) is 0 Å². The summed E-state index contributed by atoms with van der Waals surface area (Å²) in [5, 5.41) is 0.263. The molecule has 76 valence electrons. The largest absolute Gasteiger partial charge is 0.283 e. The van der Waals surface area contributed by atoms with E-state index in [1.165, 1.54) is 4.90 Å². The average Bonchev–Trinajstić information content (AvgIpc) is 2.24. The standard InChI is InChI=1S/C10H9N3OS/c1-2-6-13-9(14)7-4-3-5-11-8(7)12-10(13)15/h2-5,7H,1,6H2. The van der Waals surface area contributed by atoms with E-state index in [9.17, 15) is 4.79 Å². The number of hydrogen-bond acceptors (Lipinski definition) is 3. The van der Waals surface area contributed by atoms with Crippen LogP contribution in [0.4, 0.5) is 0 Å². The highest BCUT2D eigenvalue weighted by Crippen LogP contribution is 2.18. The molecule has 2 aliphatic rings. The molecule has 0 aromatic rings. The Bertz CT molecular complexity index is 422. The predicted molar refractivity (Wildman–Crippen MR) is 63.1 cm³/mol. The Balaban J connectivity index is 2.36. The second kappa shape index (κ2) is 3.86. The van der Waals surface area contributed by atoms with Gasteiger partial charge in [-0.05, 0) is 18.3 Å². The zero-order chi connectivity index (χ0) is 10.8. The maximum atomic E-state index is 11.9. The number of carbonyl (C=O) groups excluding carboxylic acids is 1. The van der Waals surface area contributed by atoms with Crippen molar-refractivity contribution in [1.82, 2.24) is 4.90 Å². The molecule has 1 amide bonds. The molecule has 0 spiro atoms. The van der Waals surface area contributed by atoms with Gasteiger partial charge >= 0.3 is 0 Å². The van der Waals surface area contributed by atoms with Crippen LogP contribution in [-0.4, -0.2) is 34.5 Å². The quantitative estimate of drug-likeness (QED) is 0.513. The van der Waals surface area contributed by atoms with E-state index in [1.54, 1.807) is 24.4 Å². The number of allylic oxidation sites excluding steroid dienone is 1. The first-order valence-corrected chi connectivity index (χ1v) is 4.90. The van der Waals surface area contributed by atoms with E-state index < -0.39 is 0 Å². The molecule has 5 heteroatoms. The van der Waals surface area contributed by atoms with Gasteiger partial charge in [-0.1, -0.05) is 12.2 Å². The minimum absolute atomic E-state index is 0.0852. The van der Waals surface area contributed by atoms with E-state index in [2.05, 4.69) is 16.6 Å². The summed E-state index contributed by atoms with van der Waals surface area (Å²) in [6.45, 7) is 3.97. The summed E-state index contributed by atoms with van der Waals surface area (Å²) < 4.78 is 0. The van der Waals surface area contributed by atoms with Crippen molar-refractivity contribution in [1.29, 1.82) is 0 Å². The van der Waals surface area contributed by atoms with E-state index in [-0.39, 0.29) is 16.9 Å². The lowest BCUT2D eigenvalue weighted by Gasteiger charge is -2.28. The van der Waals surface area contributed by atoms with Crippen molar-refractivity contribution in [2.75, 3.05) is 6.54 Å². The van der Waals surface area contributed by atoms with Crippen molar-refractivity contribution in [3.8, 4) is 0 Å². The SMILES string of the molecule is C=CCN1C(=O)C2C=CC=NC2=NC1=S. The Hall–Kier alpha value is -1.62. The third-order valence-corrected chi connectivity index (χ3v) is 2.47. The van der Waals surface area contributed by atoms with E-state index >= 15 is 0 Å². The molecule has 1 atom stereocenters. The predicted octanol–water partition coefficient (Wildman–Crippen LogP) is 0.955. The van der Waals surface area contributed by atoms with Crippen LogP contribution in [0.25, 0.3) is 0 Å². The lowest BCUT2D eigenvalue weighted by Crippen LogP contribution is -2.45. The zero-order valence-electron chi connectivity index (χ0n) is 7.96. The van der Waals surface area contributed by atoms with Crippen LogP contribution in [0.3, 0.4) is 0 Å². The first-order valence-electron chi connectivity index (χ1n) is 4.49. The molecule has 2 heterocycles. The number of aliphatic imine (C=N–C) groups is 2. The fourth-order valence-electron chi connectivity index (χ4n) is 1.46. The minimum Gasteiger partial charge on any atom is -0.283 e. The van der Waals surface area contributed by atoms with Crippen LogP contribution in [0.15, 0.2) is 34.8 Å². The second-order valence-corrected chi connectivity index (χ2v) is 3.50. The molecule has 0 saturated carbocycles. The van der Waals surface area contributed by atoms with Gasteiger partial charge in [-0.2, -0.15) is 0 Å². The molecule has 0 saturated heterocycles. The fraction of sp³-hybridized carbons (Fsp3) is 0.200. The number of carbonyl (C=O) groups is 1. The van der Waals surface area contributed by atoms with Gasteiger partial charge in [-0.25, -0.2) is 9.98 Å². The summed E-state index contributed by atoms with van der Waals surface area (Å²) in [6, 6.07) is 0. The van der Waals surface area contributed by atoms with Crippen LogP contribution >= 0.6 is 12.2 Å². The highest BCUT2D eigenvalue weighted by atomic mass is 32.1. The Morgan fingerprint density at radius 3 is 3.20 bits per heavy atom. The summed E-state index contributed by atoms with van der Waals surface area (Å²) in [4.78, 5) is 21.5. The summed E-state index contributed by atoms with van der Waals surface area (Å²) >= 11 is 5.01. The van der Waals surface area contributed by atoms with Crippen LogP contribution in [-0.2, 0) is 4.79 Å². The van der Waals surface area contributed by atoms with Crippen molar-refractivity contribution in [2.45, 2.75) is 0 Å². The molecule has 2 aliphatic heterocycles. The number of amidine groups is 1. The van der Waals surface area contributed by atoms with Crippen molar-refractivity contribution < 1.29 is 4.79 Å². The summed E-state index contributed by atoms with van der Waals surface area (Å²) in [6.07, 6.45) is 6.74. The van der Waals surface area contributed by atoms with E-state index in [4.69, 9.17) is 12.2 Å². The molecule has 0 aromatic carbocycles. The van der Waals surface area contributed by atoms with E-state index in [0.717, 1.165) is 0 Å². The number of nitrogens with zero attached hydrogens (tertiary/aromatic N) is 3. The van der Waals surface area contributed by atoms with Crippen molar-refractivity contribution in [3.05, 3.63) is 24.8 Å². The summed E-state index contributed by atoms with van der Waals surface area (Å²) in [5.41, 5.74) is 0. The van der Waals surface area contributed by atoms with Crippen molar-refractivity contribution in [3.63, 3.8) is 0 Å². The van der Waals surface area contributed by atoms with Gasteiger partial charge in [0.05, 0.1) is 0 Å². The molecule has 0 N–H and O–H groups in total. The highest BCUT2D eigenvalue weighted by molar-refractivity contribution is 7.80. The fourth-order valence-corrected chi connectivity index (χ4v) is 1.71. The van der Waals surface area contributed by atoms with Crippen molar-refractivity contribution >= 4 is 35.3 Å². The molecular weight excluding hydrogens is 210 g/mol. The Labute approximate surface area is 92.7 Å². The Morgan fingerprint density at radius 2 is 2.47 bits per heavy atom. The van der Waals surface area contributed by atoms with Gasteiger partial charge in [0.2, 0.25) is 11.0 Å². The molecular formula is C10H9N3OS. The highest BCUT2D eigenvalue weighted by Gasteiger charge is 2.33. The van der Waals surface area contributed by atoms with Gasteiger partial charge in [0.1, 0.15) is 11.8 Å². The molecule has 0 aromatic heterocycles. The lowest BCUT2D eigenvalue weighted by atomic mass is 10.0. The van der Waals surface area contributed by atoms with Crippen LogP contribution < -0.4 is 0 Å². The molecule has 2 rings (SSSR count). The molecule has 0 radical (unpaired) electrons. The summed E-state index contributed by atoms with van der Waals surface area (Å²) in [5.74, 6) is 0.00691. The van der Waals surface area contributed by atoms with Gasteiger partial charge in [0.15, 0.2) is 0 Å². The van der Waals surface area contributed by atoms with Crippen LogP contribution in [0.1, 0.15) is 0 Å². The molecule has 4 nitrogen and oxygen atoms in total. The lowest BCUT2D eigenvalue weighted by molar-refractivity contribution is -0.128. The Morgan fingerprint density at radius 1 is 1.67 bits per heavy atom. The number of fused-ring (bicyclic) bond motifs is 1. The van der Waals surface area contributed by atoms with Crippen LogP contribution in [0.2, 0.25) is 0 Å². The van der Waals surface area contributed by atoms with Gasteiger partial charge in [0, 0.05) is 12.8 Å². The smallest absolute Gasteiger partial charge is 0.243 e. The zero-order valence-corrected chi connectivity index (χ0v) is 8.78. The molecule has 15 heavy (non-hydrogen) atoms. The third kappa shape index (κ3) is 1.66. The van der Waals surface area contributed by atoms with Gasteiger partial charge in [-0.3, -0.25) is 9.69 Å². The van der Waals surface area contributed by atoms with Gasteiger partial charge in [0.25, 0.3) is 0 Å². The number of amides is 1. The third-order valence-electron chi connectivity index (χ3n) is 2.16. The number of rotatable bonds is 2. The molecule has 0 bridgehead atoms. The topological polar surface area (TPSA) is 45.0 Å². The average molecular weight is 219 g/mol. The molecule has 1 unspecified atom stereocenters. The van der Waals surface area contributed by atoms with E-state index in [1.807, 2.05) is 0 Å². The minimum atomic E-state index is -0.387. The number of dihydropyridines is 1. The summed E-state index contributed by atoms with van der Waals surface area (Å²) in [7, 11) is 0. The molecule has 0 fully saturated rings. The van der Waals surface area contributed by atoms with Crippen molar-refractivity contribution in [2.24, 2.45) is 15.9 Å². The van der Waals surface area contributed by atoms with E-state index in [0.29, 0.717) is 12.4 Å². The molecule has 0 aliphatic carbocycles. The Kier molecular flexibility index (Phi) is 2.55. The number of thiocarbonyl (C=S) groups is 1. The van der Waals surface area contributed by atoms with Gasteiger partial charge in [-0.15, -0.1) is 6.58 Å². The maximum absolute atomic E-state index is 11.9. The van der Waals surface area contributed by atoms with Gasteiger partial charge < -0.3 is 0 Å². The first kappa shape index (κ1) is 9.92. The normalized spacial score (nSPS) is 23.9. The van der Waals surface area contributed by atoms with Crippen LogP contribution in [0, 0.1) is 5.92 Å². The first-order chi connectivity index (χ1) is 7.24. The maximum Gasteiger partial charge on any atom is 0.243 e.